The van der Waals surface area contributed by atoms with Gasteiger partial charge in [-0.2, -0.15) is 5.10 Å². The smallest absolute Gasteiger partial charge is 0.158 e. The molecule has 3 aromatic rings. The molecule has 0 amide bonds. The predicted octanol–water partition coefficient (Wildman–Crippen LogP) is 2.75. The number of hydrogen-bond donors (Lipinski definition) is 2. The Labute approximate surface area is 169 Å². The molecular weight excluding hydrogens is 370 g/mol. The molecule has 0 spiro atoms. The normalized spacial score (nSPS) is 17.0. The first-order valence-electron chi connectivity index (χ1n) is 9.63. The number of fused-ring (bicyclic) bond motifs is 1. The van der Waals surface area contributed by atoms with E-state index in [1.807, 2.05) is 0 Å². The van der Waals surface area contributed by atoms with Gasteiger partial charge in [0.2, 0.25) is 0 Å². The second-order valence-electron chi connectivity index (χ2n) is 7.16. The molecule has 7 heteroatoms. The van der Waals surface area contributed by atoms with E-state index in [0.29, 0.717) is 0 Å². The van der Waals surface area contributed by atoms with Crippen molar-refractivity contribution in [1.29, 1.82) is 0 Å². The number of aryl methyl sites for hydroxylation is 2. The van der Waals surface area contributed by atoms with Crippen LogP contribution in [0.15, 0.2) is 41.8 Å². The van der Waals surface area contributed by atoms with Crippen LogP contribution in [0.5, 0.6) is 0 Å². The standard InChI is InChI=1S/C21H25N5OS/c1-14-16(3)28-21-18(14)20(22-13-23-21)25-24-15(2)19(17-7-5-4-6-8-17)26-9-11-27-12-10-26/h4-8,13,19H,9-12H2,1-3H3,(H,22,23,25)/p+1/b24-15-/t19-/m0/s1. The van der Waals surface area contributed by atoms with Crippen LogP contribution in [0.3, 0.4) is 0 Å². The molecule has 6 nitrogen and oxygen atoms in total. The first kappa shape index (κ1) is 19.0. The Hall–Kier alpha value is -2.35. The number of aromatic nitrogens is 2. The molecule has 0 radical (unpaired) electrons. The Bertz CT molecular complexity index is 979. The van der Waals surface area contributed by atoms with E-state index in [1.54, 1.807) is 17.7 Å². The van der Waals surface area contributed by atoms with Crippen LogP contribution >= 0.6 is 11.3 Å². The van der Waals surface area contributed by atoms with Crippen LogP contribution in [0, 0.1) is 13.8 Å². The minimum absolute atomic E-state index is 0.195. The van der Waals surface area contributed by atoms with Gasteiger partial charge in [0, 0.05) is 10.4 Å². The van der Waals surface area contributed by atoms with E-state index >= 15 is 0 Å². The molecule has 1 aliphatic heterocycles. The maximum atomic E-state index is 5.57. The highest BCUT2D eigenvalue weighted by molar-refractivity contribution is 7.18. The molecule has 146 valence electrons. The molecule has 28 heavy (non-hydrogen) atoms. The summed E-state index contributed by atoms with van der Waals surface area (Å²) in [6, 6.07) is 10.8. The first-order valence-corrected chi connectivity index (χ1v) is 10.4. The number of nitrogens with zero attached hydrogens (tertiary/aromatic N) is 3. The summed E-state index contributed by atoms with van der Waals surface area (Å²) in [5, 5.41) is 5.83. The van der Waals surface area contributed by atoms with Gasteiger partial charge in [0.25, 0.3) is 0 Å². The average molecular weight is 397 g/mol. The van der Waals surface area contributed by atoms with E-state index in [-0.39, 0.29) is 6.04 Å². The van der Waals surface area contributed by atoms with Crippen molar-refractivity contribution >= 4 is 33.1 Å². The SMILES string of the molecule is C/C(=N/Nc1ncnc2sc(C)c(C)c12)[C@@H](c1ccccc1)[NH+]1CCOCC1. The number of hydrazone groups is 1. The number of rotatable bonds is 5. The fourth-order valence-corrected chi connectivity index (χ4v) is 4.81. The van der Waals surface area contributed by atoms with Crippen molar-refractivity contribution < 1.29 is 9.64 Å². The number of hydrogen-bond acceptors (Lipinski definition) is 6. The van der Waals surface area contributed by atoms with E-state index < -0.39 is 0 Å². The van der Waals surface area contributed by atoms with E-state index in [0.717, 1.165) is 48.0 Å². The van der Waals surface area contributed by atoms with E-state index in [2.05, 4.69) is 66.5 Å². The van der Waals surface area contributed by atoms with Gasteiger partial charge in [-0.05, 0) is 26.3 Å². The second-order valence-corrected chi connectivity index (χ2v) is 8.37. The molecule has 1 aliphatic rings. The highest BCUT2D eigenvalue weighted by Gasteiger charge is 2.29. The summed E-state index contributed by atoms with van der Waals surface area (Å²) in [7, 11) is 0. The molecule has 1 aromatic carbocycles. The number of morpholine rings is 1. The number of nitrogens with one attached hydrogen (secondary N) is 2. The lowest BCUT2D eigenvalue weighted by Crippen LogP contribution is -3.15. The van der Waals surface area contributed by atoms with E-state index in [1.165, 1.54) is 20.9 Å². The Morgan fingerprint density at radius 2 is 1.93 bits per heavy atom. The third kappa shape index (κ3) is 3.78. The molecule has 1 atom stereocenters. The molecule has 4 rings (SSSR count). The van der Waals surface area contributed by atoms with Gasteiger partial charge in [-0.1, -0.05) is 30.3 Å². The Morgan fingerprint density at radius 3 is 2.68 bits per heavy atom. The van der Waals surface area contributed by atoms with Crippen LogP contribution in [-0.2, 0) is 4.74 Å². The molecule has 2 aromatic heterocycles. The fourth-order valence-electron chi connectivity index (χ4n) is 3.81. The number of thiophene rings is 1. The van der Waals surface area contributed by atoms with Gasteiger partial charge in [-0.15, -0.1) is 11.3 Å². The van der Waals surface area contributed by atoms with E-state index in [4.69, 9.17) is 9.84 Å². The second kappa shape index (κ2) is 8.34. The Kier molecular flexibility index (Phi) is 5.66. The molecule has 1 fully saturated rings. The number of ether oxygens (including phenoxy) is 1. The fraction of sp³-hybridized carbons (Fsp3) is 0.381. The number of quaternary nitrogens is 1. The largest absolute Gasteiger partial charge is 0.370 e. The lowest BCUT2D eigenvalue weighted by atomic mass is 10.0. The van der Waals surface area contributed by atoms with Crippen molar-refractivity contribution in [2.45, 2.75) is 26.8 Å². The third-order valence-electron chi connectivity index (χ3n) is 5.40. The van der Waals surface area contributed by atoms with Gasteiger partial charge >= 0.3 is 0 Å². The van der Waals surface area contributed by atoms with Crippen LogP contribution in [0.25, 0.3) is 10.2 Å². The summed E-state index contributed by atoms with van der Waals surface area (Å²) in [4.78, 5) is 12.6. The predicted molar refractivity (Wildman–Crippen MR) is 114 cm³/mol. The van der Waals surface area contributed by atoms with Crippen LogP contribution in [-0.4, -0.2) is 42.0 Å². The summed E-state index contributed by atoms with van der Waals surface area (Å²) in [5.74, 6) is 0.773. The van der Waals surface area contributed by atoms with Crippen LogP contribution in [0.4, 0.5) is 5.82 Å². The van der Waals surface area contributed by atoms with Gasteiger partial charge in [0.05, 0.1) is 24.3 Å². The molecule has 0 saturated carbocycles. The maximum absolute atomic E-state index is 5.57. The van der Waals surface area contributed by atoms with Crippen molar-refractivity contribution in [3.05, 3.63) is 52.7 Å². The van der Waals surface area contributed by atoms with Gasteiger partial charge in [-0.25, -0.2) is 9.97 Å². The first-order chi connectivity index (χ1) is 13.6. The zero-order chi connectivity index (χ0) is 19.5. The van der Waals surface area contributed by atoms with E-state index in [9.17, 15) is 0 Å². The van der Waals surface area contributed by atoms with Gasteiger partial charge in [0.15, 0.2) is 11.9 Å². The van der Waals surface area contributed by atoms with Crippen molar-refractivity contribution in [2.75, 3.05) is 31.7 Å². The average Bonchev–Trinajstić information content (AvgIpc) is 3.02. The summed E-state index contributed by atoms with van der Waals surface area (Å²) in [6.07, 6.45) is 1.60. The van der Waals surface area contributed by atoms with Gasteiger partial charge in [0.1, 0.15) is 24.2 Å². The van der Waals surface area contributed by atoms with Crippen LogP contribution < -0.4 is 10.3 Å². The molecular formula is C21H26N5OS+. The van der Waals surface area contributed by atoms with Crippen molar-refractivity contribution in [3.8, 4) is 0 Å². The quantitative estimate of drug-likeness (QED) is 0.514. The molecule has 0 unspecified atom stereocenters. The monoisotopic (exact) mass is 396 g/mol. The van der Waals surface area contributed by atoms with Crippen LogP contribution in [0.1, 0.15) is 29.0 Å². The van der Waals surface area contributed by atoms with Gasteiger partial charge < -0.3 is 9.64 Å². The summed E-state index contributed by atoms with van der Waals surface area (Å²) >= 11 is 1.70. The summed E-state index contributed by atoms with van der Waals surface area (Å²) in [6.45, 7) is 9.87. The lowest BCUT2D eigenvalue weighted by Gasteiger charge is -2.31. The highest BCUT2D eigenvalue weighted by atomic mass is 32.1. The van der Waals surface area contributed by atoms with Crippen molar-refractivity contribution in [2.24, 2.45) is 5.10 Å². The zero-order valence-electron chi connectivity index (χ0n) is 16.5. The zero-order valence-corrected chi connectivity index (χ0v) is 17.3. The van der Waals surface area contributed by atoms with Gasteiger partial charge in [-0.3, -0.25) is 5.43 Å². The molecule has 0 bridgehead atoms. The van der Waals surface area contributed by atoms with Crippen molar-refractivity contribution in [1.82, 2.24) is 9.97 Å². The van der Waals surface area contributed by atoms with Crippen molar-refractivity contribution in [3.63, 3.8) is 0 Å². The molecule has 3 heterocycles. The summed E-state index contributed by atoms with van der Waals surface area (Å²) < 4.78 is 5.57. The highest BCUT2D eigenvalue weighted by Crippen LogP contribution is 2.32. The topological polar surface area (TPSA) is 63.8 Å². The minimum atomic E-state index is 0.195. The molecule has 0 aliphatic carbocycles. The number of anilines is 1. The minimum Gasteiger partial charge on any atom is -0.370 e. The molecule has 2 N–H and O–H groups in total. The number of benzene rings is 1. The Balaban J connectivity index is 1.65. The van der Waals surface area contributed by atoms with Crippen LogP contribution in [0.2, 0.25) is 0 Å². The third-order valence-corrected chi connectivity index (χ3v) is 6.51. The lowest BCUT2D eigenvalue weighted by molar-refractivity contribution is -0.928. The molecule has 1 saturated heterocycles. The summed E-state index contributed by atoms with van der Waals surface area (Å²) in [5.41, 5.74) is 6.76. The maximum Gasteiger partial charge on any atom is 0.158 e. The Morgan fingerprint density at radius 1 is 1.18 bits per heavy atom.